The van der Waals surface area contributed by atoms with Gasteiger partial charge < -0.3 is 30.7 Å². The number of allylic oxidation sites excluding steroid dienone is 1. The van der Waals surface area contributed by atoms with Crippen molar-refractivity contribution in [2.24, 2.45) is 23.5 Å². The maximum atomic E-state index is 13.8. The summed E-state index contributed by atoms with van der Waals surface area (Å²) >= 11 is 0. The molecule has 4 rings (SSSR count). The number of esters is 1. The molecule has 3 unspecified atom stereocenters. The summed E-state index contributed by atoms with van der Waals surface area (Å²) in [6.45, 7) is 1.69. The smallest absolute Gasteiger partial charge is 0.342 e. The predicted molar refractivity (Wildman–Crippen MR) is 133 cm³/mol. The molecule has 0 radical (unpaired) electrons. The molecule has 11 nitrogen and oxygen atoms in total. The van der Waals surface area contributed by atoms with Crippen LogP contribution in [0, 0.1) is 17.8 Å². The number of carbonyl (C=O) groups excluding carboxylic acids is 4. The minimum atomic E-state index is -1.34. The van der Waals surface area contributed by atoms with E-state index in [-0.39, 0.29) is 36.1 Å². The number of fused-ring (bicyclic) bond motifs is 3. The van der Waals surface area contributed by atoms with Crippen LogP contribution in [0.25, 0.3) is 5.76 Å². The molecule has 0 saturated heterocycles. The molecule has 1 saturated carbocycles. The quantitative estimate of drug-likeness (QED) is 0.254. The highest BCUT2D eigenvalue weighted by atomic mass is 16.5. The Bertz CT molecular complexity index is 1290. The molecule has 37 heavy (non-hydrogen) atoms. The van der Waals surface area contributed by atoms with E-state index < -0.39 is 70.1 Å². The van der Waals surface area contributed by atoms with E-state index >= 15 is 0 Å². The lowest BCUT2D eigenvalue weighted by Crippen LogP contribution is -2.55. The lowest BCUT2D eigenvalue weighted by molar-refractivity contribution is -0.136. The molecule has 0 aromatic heterocycles. The first kappa shape index (κ1) is 26.2. The van der Waals surface area contributed by atoms with Crippen molar-refractivity contribution in [3.8, 4) is 5.75 Å². The van der Waals surface area contributed by atoms with Crippen molar-refractivity contribution < 1.29 is 39.2 Å². The molecular formula is C26H31N3O8. The van der Waals surface area contributed by atoms with Gasteiger partial charge in [0.2, 0.25) is 0 Å². The Labute approximate surface area is 213 Å². The van der Waals surface area contributed by atoms with E-state index in [0.29, 0.717) is 11.3 Å². The summed E-state index contributed by atoms with van der Waals surface area (Å²) in [6, 6.07) is 0.672. The monoisotopic (exact) mass is 513 g/mol. The maximum absolute atomic E-state index is 13.8. The number of amides is 1. The van der Waals surface area contributed by atoms with Gasteiger partial charge in [0.05, 0.1) is 24.1 Å². The van der Waals surface area contributed by atoms with E-state index in [2.05, 4.69) is 0 Å². The number of nitrogens with two attached hydrogens (primary N) is 1. The van der Waals surface area contributed by atoms with E-state index in [0.717, 1.165) is 0 Å². The number of aliphatic hydroxyl groups excluding tert-OH is 2. The van der Waals surface area contributed by atoms with Crippen molar-refractivity contribution in [3.63, 3.8) is 0 Å². The number of nitrogens with zero attached hydrogens (tertiary/aromatic N) is 2. The Hall–Kier alpha value is -3.86. The third kappa shape index (κ3) is 3.85. The number of ketones is 2. The van der Waals surface area contributed by atoms with E-state index in [4.69, 9.17) is 10.5 Å². The predicted octanol–water partition coefficient (Wildman–Crippen LogP) is 1.09. The van der Waals surface area contributed by atoms with E-state index in [1.165, 1.54) is 6.07 Å². The van der Waals surface area contributed by atoms with E-state index in [1.54, 1.807) is 44.9 Å². The molecule has 1 aromatic carbocycles. The number of carbonyl (C=O) groups is 4. The van der Waals surface area contributed by atoms with Crippen molar-refractivity contribution in [1.82, 2.24) is 4.90 Å². The van der Waals surface area contributed by atoms with Crippen molar-refractivity contribution in [2.75, 3.05) is 39.7 Å². The van der Waals surface area contributed by atoms with Gasteiger partial charge in [0.1, 0.15) is 28.4 Å². The fourth-order valence-electron chi connectivity index (χ4n) is 6.08. The second kappa shape index (κ2) is 9.22. The number of rotatable bonds is 5. The van der Waals surface area contributed by atoms with Crippen LogP contribution in [0.3, 0.4) is 0 Å². The number of aromatic hydroxyl groups is 1. The molecule has 11 heteroatoms. The lowest BCUT2D eigenvalue weighted by atomic mass is 9.59. The van der Waals surface area contributed by atoms with Gasteiger partial charge in [0.15, 0.2) is 11.6 Å². The second-order valence-corrected chi connectivity index (χ2v) is 10.1. The number of likely N-dealkylation sites (N-methyl/N-ethyl adjacent to an activating group) is 1. The van der Waals surface area contributed by atoms with Gasteiger partial charge in [-0.1, -0.05) is 0 Å². The van der Waals surface area contributed by atoms with Crippen molar-refractivity contribution in [1.29, 1.82) is 0 Å². The van der Waals surface area contributed by atoms with Gasteiger partial charge in [-0.2, -0.15) is 0 Å². The first-order chi connectivity index (χ1) is 17.3. The summed E-state index contributed by atoms with van der Waals surface area (Å²) in [5.41, 5.74) is 5.58. The number of hydrogen-bond donors (Lipinski definition) is 4. The van der Waals surface area contributed by atoms with Crippen LogP contribution in [0.15, 0.2) is 23.0 Å². The third-order valence-corrected chi connectivity index (χ3v) is 7.52. The number of phenolic OH excluding ortho intramolecular Hbond substituents is 1. The fourth-order valence-corrected chi connectivity index (χ4v) is 6.08. The zero-order valence-corrected chi connectivity index (χ0v) is 21.4. The largest absolute Gasteiger partial charge is 0.510 e. The molecule has 0 bridgehead atoms. The molecule has 0 spiro atoms. The number of Topliss-reactive ketones (excluding diaryl/α,β-unsaturated/α-hetero) is 2. The van der Waals surface area contributed by atoms with E-state index in [1.807, 2.05) is 0 Å². The van der Waals surface area contributed by atoms with Crippen molar-refractivity contribution in [2.45, 2.75) is 25.8 Å². The number of phenols is 1. The minimum Gasteiger partial charge on any atom is -0.510 e. The zero-order chi connectivity index (χ0) is 27.5. The molecule has 0 aliphatic heterocycles. The Balaban J connectivity index is 1.94. The first-order valence-corrected chi connectivity index (χ1v) is 12.0. The van der Waals surface area contributed by atoms with Crippen molar-refractivity contribution >= 4 is 34.9 Å². The van der Waals surface area contributed by atoms with Crippen LogP contribution in [-0.2, 0) is 25.5 Å². The van der Waals surface area contributed by atoms with Crippen LogP contribution in [0.1, 0.15) is 34.8 Å². The van der Waals surface area contributed by atoms with Gasteiger partial charge in [-0.05, 0) is 57.3 Å². The van der Waals surface area contributed by atoms with Crippen LogP contribution >= 0.6 is 0 Å². The average molecular weight is 514 g/mol. The maximum Gasteiger partial charge on any atom is 0.342 e. The summed E-state index contributed by atoms with van der Waals surface area (Å²) < 4.78 is 5.06. The lowest BCUT2D eigenvalue weighted by Gasteiger charge is -2.46. The minimum absolute atomic E-state index is 0.0502. The van der Waals surface area contributed by atoms with Gasteiger partial charge in [-0.3, -0.25) is 19.3 Å². The van der Waals surface area contributed by atoms with Gasteiger partial charge in [-0.15, -0.1) is 0 Å². The Kier molecular flexibility index (Phi) is 6.53. The average Bonchev–Trinajstić information content (AvgIpc) is 2.78. The molecular weight excluding hydrogens is 482 g/mol. The summed E-state index contributed by atoms with van der Waals surface area (Å²) in [5.74, 6) is -7.56. The number of anilines is 1. The second-order valence-electron chi connectivity index (χ2n) is 10.1. The first-order valence-electron chi connectivity index (χ1n) is 12.0. The Morgan fingerprint density at radius 1 is 1.11 bits per heavy atom. The van der Waals surface area contributed by atoms with Gasteiger partial charge in [0, 0.05) is 25.4 Å². The highest BCUT2D eigenvalue weighted by Gasteiger charge is 2.56. The molecule has 1 amide bonds. The number of aliphatic hydroxyl groups is 2. The van der Waals surface area contributed by atoms with Crippen LogP contribution in [0.5, 0.6) is 5.75 Å². The molecule has 3 aliphatic carbocycles. The van der Waals surface area contributed by atoms with Crippen LogP contribution in [0.2, 0.25) is 0 Å². The van der Waals surface area contributed by atoms with Crippen LogP contribution in [-0.4, -0.2) is 84.5 Å². The molecule has 1 aromatic rings. The van der Waals surface area contributed by atoms with Gasteiger partial charge in [0.25, 0.3) is 5.91 Å². The molecule has 1 fully saturated rings. The topological polar surface area (TPSA) is 171 Å². The summed E-state index contributed by atoms with van der Waals surface area (Å²) in [5, 5.41) is 33.2. The normalized spacial score (nSPS) is 25.0. The summed E-state index contributed by atoms with van der Waals surface area (Å²) in [7, 11) is 6.82. The molecule has 3 aliphatic rings. The summed E-state index contributed by atoms with van der Waals surface area (Å²) in [4.78, 5) is 55.0. The van der Waals surface area contributed by atoms with Crippen LogP contribution in [0.4, 0.5) is 5.69 Å². The van der Waals surface area contributed by atoms with Gasteiger partial charge in [-0.25, -0.2) is 4.79 Å². The van der Waals surface area contributed by atoms with E-state index in [9.17, 15) is 34.5 Å². The Morgan fingerprint density at radius 2 is 1.76 bits per heavy atom. The highest BCUT2D eigenvalue weighted by molar-refractivity contribution is 6.28. The molecule has 198 valence electrons. The highest BCUT2D eigenvalue weighted by Crippen LogP contribution is 2.52. The number of ether oxygens (including phenoxy) is 1. The Morgan fingerprint density at radius 3 is 2.30 bits per heavy atom. The summed E-state index contributed by atoms with van der Waals surface area (Å²) in [6.07, 6.45) is 0.475. The molecule has 4 atom stereocenters. The number of benzene rings is 1. The number of hydrogen-bond acceptors (Lipinski definition) is 10. The third-order valence-electron chi connectivity index (χ3n) is 7.52. The zero-order valence-electron chi connectivity index (χ0n) is 21.4. The number of primary amides is 1. The molecule has 0 heterocycles. The molecule has 5 N–H and O–H groups in total. The fraction of sp³-hybridized carbons (Fsp3) is 0.462. The van der Waals surface area contributed by atoms with Crippen molar-refractivity contribution in [3.05, 3.63) is 39.7 Å². The van der Waals surface area contributed by atoms with Crippen LogP contribution < -0.4 is 10.6 Å². The standard InChI is InChI=1S/C26H31N3O8/c1-6-37-26(36)13-9-14(28(2)3)11-7-10-8-12-17(22(32)15(10)21(31)16(11)20(13)30)23(33)18(25(27)35)24(34)19(12)29(4)5/h9-10,12,17,19,30-31,34H,6-8H2,1-5H3,(H2,27,35)/t10?,12?,17?,19-/m0/s1. The van der Waals surface area contributed by atoms with Gasteiger partial charge >= 0.3 is 5.97 Å². The SMILES string of the molecule is CCOC(=O)c1cc(N(C)C)c2c(c1O)C(O)=C1C(=O)C3C(=O)C(C(N)=O)=C(O)[C@@H](N(C)C)C3CC1C2.